The minimum Gasteiger partial charge on any atom is -0.313 e. The van der Waals surface area contributed by atoms with Gasteiger partial charge in [-0.3, -0.25) is 0 Å². The third-order valence-electron chi connectivity index (χ3n) is 5.27. The number of nitrogens with zero attached hydrogens (tertiary/aromatic N) is 1. The van der Waals surface area contributed by atoms with Crippen molar-refractivity contribution in [1.29, 1.82) is 0 Å². The molecule has 0 bridgehead atoms. The van der Waals surface area contributed by atoms with Crippen molar-refractivity contribution in [3.63, 3.8) is 0 Å². The standard InChI is InChI=1S/C17H34N2/c1-14(15-7-8-15)18-10-13-19-11-5-6-16(9-12-19)17(2,3)4/h14-16,18H,5-13H2,1-4H3. The zero-order valence-corrected chi connectivity index (χ0v) is 13.5. The van der Waals surface area contributed by atoms with Crippen molar-refractivity contribution >= 4 is 0 Å². The first-order chi connectivity index (χ1) is 8.97. The molecule has 2 heteroatoms. The van der Waals surface area contributed by atoms with Crippen molar-refractivity contribution in [2.24, 2.45) is 17.3 Å². The summed E-state index contributed by atoms with van der Waals surface area (Å²) in [5, 5.41) is 3.71. The van der Waals surface area contributed by atoms with Gasteiger partial charge in [0.05, 0.1) is 0 Å². The van der Waals surface area contributed by atoms with Crippen LogP contribution in [0.2, 0.25) is 0 Å². The molecule has 0 amide bonds. The summed E-state index contributed by atoms with van der Waals surface area (Å²) in [6, 6.07) is 0.745. The van der Waals surface area contributed by atoms with Gasteiger partial charge < -0.3 is 10.2 Å². The molecule has 1 saturated heterocycles. The molecule has 0 aromatic heterocycles. The summed E-state index contributed by atoms with van der Waals surface area (Å²) in [7, 11) is 0. The van der Waals surface area contributed by atoms with E-state index in [0.29, 0.717) is 5.41 Å². The third-order valence-corrected chi connectivity index (χ3v) is 5.27. The van der Waals surface area contributed by atoms with E-state index >= 15 is 0 Å². The maximum absolute atomic E-state index is 3.71. The Balaban J connectivity index is 1.64. The van der Waals surface area contributed by atoms with E-state index < -0.39 is 0 Å². The molecular weight excluding hydrogens is 232 g/mol. The van der Waals surface area contributed by atoms with Crippen LogP contribution >= 0.6 is 0 Å². The van der Waals surface area contributed by atoms with Gasteiger partial charge in [0.25, 0.3) is 0 Å². The van der Waals surface area contributed by atoms with Gasteiger partial charge in [0.2, 0.25) is 0 Å². The predicted molar refractivity (Wildman–Crippen MR) is 83.4 cm³/mol. The first-order valence-corrected chi connectivity index (χ1v) is 8.42. The Morgan fingerprint density at radius 1 is 1.11 bits per heavy atom. The van der Waals surface area contributed by atoms with Crippen molar-refractivity contribution < 1.29 is 0 Å². The van der Waals surface area contributed by atoms with E-state index in [-0.39, 0.29) is 0 Å². The summed E-state index contributed by atoms with van der Waals surface area (Å²) in [4.78, 5) is 2.68. The highest BCUT2D eigenvalue weighted by Gasteiger charge is 2.28. The Labute approximate surface area is 120 Å². The van der Waals surface area contributed by atoms with Gasteiger partial charge in [0.1, 0.15) is 0 Å². The second-order valence-corrected chi connectivity index (χ2v) is 7.92. The summed E-state index contributed by atoms with van der Waals surface area (Å²) >= 11 is 0. The van der Waals surface area contributed by atoms with Gasteiger partial charge in [0.15, 0.2) is 0 Å². The molecule has 2 rings (SSSR count). The van der Waals surface area contributed by atoms with Gasteiger partial charge in [-0.1, -0.05) is 20.8 Å². The van der Waals surface area contributed by atoms with Crippen LogP contribution in [0.3, 0.4) is 0 Å². The molecule has 1 aliphatic carbocycles. The lowest BCUT2D eigenvalue weighted by Gasteiger charge is -2.29. The molecule has 0 aromatic rings. The van der Waals surface area contributed by atoms with Crippen LogP contribution in [-0.2, 0) is 0 Å². The fraction of sp³-hybridized carbons (Fsp3) is 1.00. The number of rotatable bonds is 5. The molecule has 1 aliphatic heterocycles. The van der Waals surface area contributed by atoms with Crippen molar-refractivity contribution in [3.8, 4) is 0 Å². The van der Waals surface area contributed by atoms with Crippen molar-refractivity contribution in [1.82, 2.24) is 10.2 Å². The average molecular weight is 266 g/mol. The molecule has 19 heavy (non-hydrogen) atoms. The van der Waals surface area contributed by atoms with E-state index in [2.05, 4.69) is 37.9 Å². The zero-order chi connectivity index (χ0) is 13.9. The van der Waals surface area contributed by atoms with Crippen LogP contribution in [0.5, 0.6) is 0 Å². The molecule has 112 valence electrons. The third kappa shape index (κ3) is 5.07. The molecule has 2 nitrogen and oxygen atoms in total. The molecular formula is C17H34N2. The molecule has 2 atom stereocenters. The second kappa shape index (κ2) is 6.58. The number of likely N-dealkylation sites (tertiary alicyclic amines) is 1. The molecule has 0 spiro atoms. The maximum atomic E-state index is 3.71. The SMILES string of the molecule is CC(NCCN1CCCC(C(C)(C)C)CC1)C1CC1. The Morgan fingerprint density at radius 3 is 2.47 bits per heavy atom. The summed E-state index contributed by atoms with van der Waals surface area (Å²) in [6.07, 6.45) is 7.10. The largest absolute Gasteiger partial charge is 0.313 e. The van der Waals surface area contributed by atoms with Crippen LogP contribution in [0.25, 0.3) is 0 Å². The van der Waals surface area contributed by atoms with Crippen LogP contribution in [0, 0.1) is 17.3 Å². The molecule has 2 fully saturated rings. The minimum atomic E-state index is 0.495. The number of nitrogens with one attached hydrogen (secondary N) is 1. The fourth-order valence-electron chi connectivity index (χ4n) is 3.46. The van der Waals surface area contributed by atoms with E-state index in [1.54, 1.807) is 0 Å². The summed E-state index contributed by atoms with van der Waals surface area (Å²) in [5.41, 5.74) is 0.495. The van der Waals surface area contributed by atoms with Crippen molar-refractivity contribution in [2.75, 3.05) is 26.2 Å². The maximum Gasteiger partial charge on any atom is 0.0107 e. The first-order valence-electron chi connectivity index (χ1n) is 8.42. The number of hydrogen-bond donors (Lipinski definition) is 1. The van der Waals surface area contributed by atoms with Crippen LogP contribution < -0.4 is 5.32 Å². The Morgan fingerprint density at radius 2 is 1.84 bits per heavy atom. The lowest BCUT2D eigenvalue weighted by Crippen LogP contribution is -2.37. The van der Waals surface area contributed by atoms with E-state index in [0.717, 1.165) is 17.9 Å². The van der Waals surface area contributed by atoms with Crippen molar-refractivity contribution in [2.45, 2.75) is 65.8 Å². The second-order valence-electron chi connectivity index (χ2n) is 7.92. The Kier molecular flexibility index (Phi) is 5.30. The highest BCUT2D eigenvalue weighted by Crippen LogP contribution is 2.34. The lowest BCUT2D eigenvalue weighted by molar-refractivity contribution is 0.207. The first kappa shape index (κ1) is 15.3. The Hall–Kier alpha value is -0.0800. The molecule has 1 heterocycles. The van der Waals surface area contributed by atoms with Crippen LogP contribution in [-0.4, -0.2) is 37.1 Å². The molecule has 1 N–H and O–H groups in total. The van der Waals surface area contributed by atoms with Gasteiger partial charge in [-0.25, -0.2) is 0 Å². The topological polar surface area (TPSA) is 15.3 Å². The van der Waals surface area contributed by atoms with Gasteiger partial charge >= 0.3 is 0 Å². The van der Waals surface area contributed by atoms with Gasteiger partial charge in [-0.05, 0) is 69.4 Å². The molecule has 2 aliphatic rings. The quantitative estimate of drug-likeness (QED) is 0.819. The van der Waals surface area contributed by atoms with Gasteiger partial charge in [0, 0.05) is 19.1 Å². The smallest absolute Gasteiger partial charge is 0.0107 e. The molecule has 1 saturated carbocycles. The lowest BCUT2D eigenvalue weighted by atomic mass is 9.77. The number of hydrogen-bond acceptors (Lipinski definition) is 2. The van der Waals surface area contributed by atoms with Gasteiger partial charge in [-0.2, -0.15) is 0 Å². The highest BCUT2D eigenvalue weighted by atomic mass is 15.1. The highest BCUT2D eigenvalue weighted by molar-refractivity contribution is 4.84. The molecule has 0 aromatic carbocycles. The normalized spacial score (nSPS) is 28.1. The van der Waals surface area contributed by atoms with E-state index in [1.807, 2.05) is 0 Å². The van der Waals surface area contributed by atoms with Crippen LogP contribution in [0.15, 0.2) is 0 Å². The zero-order valence-electron chi connectivity index (χ0n) is 13.5. The van der Waals surface area contributed by atoms with Crippen LogP contribution in [0.1, 0.15) is 59.8 Å². The predicted octanol–water partition coefficient (Wildman–Crippen LogP) is 3.52. The molecule has 2 unspecified atom stereocenters. The van der Waals surface area contributed by atoms with Crippen molar-refractivity contribution in [3.05, 3.63) is 0 Å². The van der Waals surface area contributed by atoms with E-state index in [1.165, 1.54) is 58.3 Å². The van der Waals surface area contributed by atoms with Crippen LogP contribution in [0.4, 0.5) is 0 Å². The Bertz CT molecular complexity index is 265. The summed E-state index contributed by atoms with van der Waals surface area (Å²) in [6.45, 7) is 14.6. The summed E-state index contributed by atoms with van der Waals surface area (Å²) in [5.74, 6) is 1.89. The van der Waals surface area contributed by atoms with E-state index in [4.69, 9.17) is 0 Å². The fourth-order valence-corrected chi connectivity index (χ4v) is 3.46. The summed E-state index contributed by atoms with van der Waals surface area (Å²) < 4.78 is 0. The van der Waals surface area contributed by atoms with E-state index in [9.17, 15) is 0 Å². The monoisotopic (exact) mass is 266 g/mol. The molecule has 0 radical (unpaired) electrons. The average Bonchev–Trinajstić information content (AvgIpc) is 3.15. The minimum absolute atomic E-state index is 0.495. The van der Waals surface area contributed by atoms with Gasteiger partial charge in [-0.15, -0.1) is 0 Å².